The number of anilines is 2. The predicted molar refractivity (Wildman–Crippen MR) is 291 cm³/mol. The van der Waals surface area contributed by atoms with Crippen LogP contribution in [0.3, 0.4) is 0 Å². The van der Waals surface area contributed by atoms with E-state index in [1.54, 1.807) is 53.6 Å². The van der Waals surface area contributed by atoms with Crippen LogP contribution in [0.1, 0.15) is 43.2 Å². The number of ether oxygens (including phenoxy) is 12. The Morgan fingerprint density at radius 1 is 0.622 bits per heavy atom. The number of carbonyl (C=O) groups excluding carboxylic acids is 6. The number of nitrogens with two attached hydrogens (primary N) is 2. The highest BCUT2D eigenvalue weighted by Gasteiger charge is 2.53. The molecule has 82 heavy (non-hydrogen) atoms. The number of hydrogen-bond acceptors (Lipinski definition) is 23. The number of piperidine rings is 1. The first kappa shape index (κ1) is 66.4. The average Bonchev–Trinajstić information content (AvgIpc) is 4.15. The van der Waals surface area contributed by atoms with Gasteiger partial charge in [0.25, 0.3) is 17.7 Å². The van der Waals surface area contributed by atoms with Gasteiger partial charge in [-0.25, -0.2) is 25.1 Å². The van der Waals surface area contributed by atoms with E-state index >= 15 is 0 Å². The van der Waals surface area contributed by atoms with Crippen LogP contribution < -0.4 is 27.1 Å². The SMILES string of the molecule is N#Cc1cccc(N2C(=O)NC3(CCN(C(=O)Nc4cccc(/C(N)=C/N(N)CCOCCOCCOCCOCCOCCOCCOCCOCCOCCOCCOCCOCCC(=O)ON5C(=O)CCC5=O)c4)CC3)C2=O)c1. The number of hydroxylamine groups is 2. The zero-order valence-electron chi connectivity index (χ0n) is 46.5. The van der Waals surface area contributed by atoms with Gasteiger partial charge in [0, 0.05) is 43.4 Å². The number of benzene rings is 2. The van der Waals surface area contributed by atoms with E-state index in [0.717, 1.165) is 4.90 Å². The highest BCUT2D eigenvalue weighted by atomic mass is 16.7. The Bertz CT molecular complexity index is 2320. The number of imide groups is 2. The molecule has 0 saturated carbocycles. The molecule has 0 aliphatic carbocycles. The summed E-state index contributed by atoms with van der Waals surface area (Å²) < 4.78 is 65.9. The fourth-order valence-corrected chi connectivity index (χ4v) is 7.95. The molecule has 3 heterocycles. The molecule has 3 aliphatic heterocycles. The second-order valence-electron chi connectivity index (χ2n) is 18.3. The van der Waals surface area contributed by atoms with E-state index in [1.165, 1.54) is 11.1 Å². The van der Waals surface area contributed by atoms with E-state index in [0.29, 0.717) is 185 Å². The van der Waals surface area contributed by atoms with Crippen LogP contribution >= 0.6 is 0 Å². The molecule has 5 rings (SSSR count). The zero-order chi connectivity index (χ0) is 58.5. The molecule has 3 saturated heterocycles. The predicted octanol–water partition coefficient (Wildman–Crippen LogP) is 1.31. The molecule has 0 bridgehead atoms. The van der Waals surface area contributed by atoms with Crippen LogP contribution in [0.5, 0.6) is 0 Å². The summed E-state index contributed by atoms with van der Waals surface area (Å²) in [7, 11) is 0. The van der Waals surface area contributed by atoms with Gasteiger partial charge in [-0.15, -0.1) is 5.06 Å². The maximum atomic E-state index is 13.5. The number of nitrogens with zero attached hydrogens (tertiary/aromatic N) is 5. The Hall–Kier alpha value is -6.43. The lowest BCUT2D eigenvalue weighted by Crippen LogP contribution is -2.56. The van der Waals surface area contributed by atoms with Crippen LogP contribution in [0.15, 0.2) is 54.7 Å². The minimum atomic E-state index is -1.13. The number of hydrogen-bond donors (Lipinski definition) is 4. The molecule has 28 heteroatoms. The number of likely N-dealkylation sites (tertiary alicyclic amines) is 1. The first-order chi connectivity index (χ1) is 40.0. The third kappa shape index (κ3) is 25.0. The molecule has 1 spiro atoms. The quantitative estimate of drug-likeness (QED) is 0.0239. The van der Waals surface area contributed by atoms with E-state index in [-0.39, 0.29) is 64.4 Å². The Balaban J connectivity index is 0.714. The number of urea groups is 2. The third-order valence-corrected chi connectivity index (χ3v) is 12.3. The van der Waals surface area contributed by atoms with Crippen LogP contribution in [-0.2, 0) is 80.9 Å². The smallest absolute Gasteiger partial charge is 0.335 e. The van der Waals surface area contributed by atoms with Gasteiger partial charge in [0.05, 0.1) is 195 Å². The van der Waals surface area contributed by atoms with E-state index in [1.807, 2.05) is 6.07 Å². The van der Waals surface area contributed by atoms with Crippen molar-refractivity contribution in [2.45, 2.75) is 37.6 Å². The maximum absolute atomic E-state index is 13.5. The molecule has 0 atom stereocenters. The van der Waals surface area contributed by atoms with Gasteiger partial charge in [-0.3, -0.25) is 14.4 Å². The van der Waals surface area contributed by atoms with Crippen molar-refractivity contribution in [3.8, 4) is 6.07 Å². The van der Waals surface area contributed by atoms with Crippen molar-refractivity contribution in [2.75, 3.05) is 188 Å². The molecule has 0 radical (unpaired) electrons. The fourth-order valence-electron chi connectivity index (χ4n) is 7.95. The minimum absolute atomic E-state index is 0.0472. The summed E-state index contributed by atoms with van der Waals surface area (Å²) in [5.74, 6) is 3.99. The lowest BCUT2D eigenvalue weighted by atomic mass is 9.87. The average molecular weight is 1160 g/mol. The molecular formula is C54H79N9O19. The number of rotatable bonds is 44. The summed E-state index contributed by atoms with van der Waals surface area (Å²) >= 11 is 0. The van der Waals surface area contributed by atoms with Crippen molar-refractivity contribution >= 4 is 52.8 Å². The van der Waals surface area contributed by atoms with Crippen molar-refractivity contribution in [2.24, 2.45) is 11.6 Å². The van der Waals surface area contributed by atoms with Gasteiger partial charge in [0.2, 0.25) is 0 Å². The Morgan fingerprint density at radius 3 is 1.52 bits per heavy atom. The monoisotopic (exact) mass is 1160 g/mol. The topological polar surface area (TPSA) is 335 Å². The van der Waals surface area contributed by atoms with Crippen molar-refractivity contribution in [3.63, 3.8) is 0 Å². The van der Waals surface area contributed by atoms with Gasteiger partial charge in [0.1, 0.15) is 5.54 Å². The number of nitrogens with one attached hydrogen (secondary N) is 2. The van der Waals surface area contributed by atoms with Gasteiger partial charge in [-0.1, -0.05) is 18.2 Å². The third-order valence-electron chi connectivity index (χ3n) is 12.3. The highest BCUT2D eigenvalue weighted by Crippen LogP contribution is 2.33. The van der Waals surface area contributed by atoms with Crippen LogP contribution in [0, 0.1) is 11.3 Å². The summed E-state index contributed by atoms with van der Waals surface area (Å²) in [5.41, 5.74) is 7.40. The standard InChI is InChI=1S/C54H79N9O19/c55-41-43-3-1-6-46(39-43)62-51(67)54(59-53(62)69)10-12-60(13-11-54)52(68)58-45-5-2-4-44(40-45)47(56)42-61(57)14-16-71-18-20-73-22-24-75-26-28-77-30-32-79-34-36-81-38-37-80-35-33-78-31-29-76-27-25-74-23-21-72-19-17-70-15-9-50(66)82-63-48(64)7-8-49(63)65/h1-6,39-40,42H,7-38,56-57H2,(H,58,68)(H,59,69)/b47-42-. The van der Waals surface area contributed by atoms with Crippen LogP contribution in [0.4, 0.5) is 21.0 Å². The lowest BCUT2D eigenvalue weighted by molar-refractivity contribution is -0.198. The van der Waals surface area contributed by atoms with Gasteiger partial charge < -0.3 is 88.0 Å². The van der Waals surface area contributed by atoms with Crippen molar-refractivity contribution < 1.29 is 90.4 Å². The maximum Gasteiger partial charge on any atom is 0.335 e. The molecule has 28 nitrogen and oxygen atoms in total. The van der Waals surface area contributed by atoms with E-state index in [9.17, 15) is 34.0 Å². The van der Waals surface area contributed by atoms with Gasteiger partial charge in [0.15, 0.2) is 0 Å². The summed E-state index contributed by atoms with van der Waals surface area (Å²) in [6.45, 7) is 10.3. The van der Waals surface area contributed by atoms with E-state index < -0.39 is 35.3 Å². The van der Waals surface area contributed by atoms with Crippen molar-refractivity contribution in [3.05, 3.63) is 65.9 Å². The number of amides is 7. The Kier molecular flexibility index (Phi) is 31.7. The summed E-state index contributed by atoms with van der Waals surface area (Å²) in [4.78, 5) is 81.6. The van der Waals surface area contributed by atoms with Crippen molar-refractivity contribution in [1.82, 2.24) is 20.3 Å². The molecule has 454 valence electrons. The molecule has 7 amide bonds. The highest BCUT2D eigenvalue weighted by molar-refractivity contribution is 6.23. The molecule has 2 aromatic carbocycles. The molecule has 3 aliphatic rings. The van der Waals surface area contributed by atoms with Crippen LogP contribution in [0.25, 0.3) is 5.70 Å². The Morgan fingerprint density at radius 2 is 1.06 bits per heavy atom. The lowest BCUT2D eigenvalue weighted by Gasteiger charge is -2.37. The van der Waals surface area contributed by atoms with E-state index in [4.69, 9.17) is 73.3 Å². The molecule has 0 aromatic heterocycles. The number of nitriles is 1. The second-order valence-corrected chi connectivity index (χ2v) is 18.3. The van der Waals surface area contributed by atoms with Gasteiger partial charge in [-0.05, 0) is 43.2 Å². The van der Waals surface area contributed by atoms with Crippen LogP contribution in [-0.4, -0.2) is 234 Å². The first-order valence-electron chi connectivity index (χ1n) is 27.3. The normalized spacial score (nSPS) is 15.2. The molecule has 2 aromatic rings. The Labute approximate surface area is 477 Å². The summed E-state index contributed by atoms with van der Waals surface area (Å²) in [6, 6.07) is 14.4. The van der Waals surface area contributed by atoms with Crippen LogP contribution in [0.2, 0.25) is 0 Å². The fraction of sp³-hybridized carbons (Fsp3) is 0.611. The zero-order valence-corrected chi connectivity index (χ0v) is 46.5. The van der Waals surface area contributed by atoms with Gasteiger partial charge >= 0.3 is 18.0 Å². The number of hydrazine groups is 1. The summed E-state index contributed by atoms with van der Waals surface area (Å²) in [5, 5.41) is 16.9. The molecular weight excluding hydrogens is 1080 g/mol. The number of carbonyl (C=O) groups is 6. The van der Waals surface area contributed by atoms with Crippen molar-refractivity contribution in [1.29, 1.82) is 5.26 Å². The molecule has 0 unspecified atom stereocenters. The summed E-state index contributed by atoms with van der Waals surface area (Å²) in [6.07, 6.45) is 2.05. The minimum Gasteiger partial charge on any atom is -0.397 e. The molecule has 3 fully saturated rings. The van der Waals surface area contributed by atoms with E-state index in [2.05, 4.69) is 10.6 Å². The largest absolute Gasteiger partial charge is 0.397 e. The first-order valence-corrected chi connectivity index (χ1v) is 27.3. The second kappa shape index (κ2) is 39.1. The molecule has 6 N–H and O–H groups in total. The van der Waals surface area contributed by atoms with Gasteiger partial charge in [-0.2, -0.15) is 5.26 Å².